The Balaban J connectivity index is 1.98. The van der Waals surface area contributed by atoms with Crippen molar-refractivity contribution in [3.63, 3.8) is 0 Å². The number of halogens is 1. The van der Waals surface area contributed by atoms with Gasteiger partial charge in [0.05, 0.1) is 7.11 Å². The van der Waals surface area contributed by atoms with Gasteiger partial charge in [-0.1, -0.05) is 11.6 Å². The van der Waals surface area contributed by atoms with Crippen molar-refractivity contribution in [1.29, 1.82) is 0 Å². The van der Waals surface area contributed by atoms with Gasteiger partial charge >= 0.3 is 0 Å². The molecule has 0 fully saturated rings. The molecular formula is C14H16ClNOS. The molecule has 0 aliphatic carbocycles. The number of thiophene rings is 1. The van der Waals surface area contributed by atoms with E-state index in [4.69, 9.17) is 16.3 Å². The molecule has 1 N–H and O–H groups in total. The van der Waals surface area contributed by atoms with Crippen molar-refractivity contribution in [3.8, 4) is 5.75 Å². The van der Waals surface area contributed by atoms with E-state index in [1.165, 1.54) is 11.1 Å². The smallest absolute Gasteiger partial charge is 0.123 e. The lowest BCUT2D eigenvalue weighted by atomic mass is 10.2. The molecule has 0 amide bonds. The molecule has 0 aliphatic rings. The molecule has 0 atom stereocenters. The maximum Gasteiger partial charge on any atom is 0.123 e. The SMILES string of the molecule is COc1ccc(Cl)cc1CNCc1cscc1C. The molecule has 1 aromatic carbocycles. The molecule has 0 spiro atoms. The summed E-state index contributed by atoms with van der Waals surface area (Å²) in [6.45, 7) is 3.75. The van der Waals surface area contributed by atoms with Gasteiger partial charge in [0.1, 0.15) is 5.75 Å². The van der Waals surface area contributed by atoms with Crippen LogP contribution < -0.4 is 10.1 Å². The molecule has 2 nitrogen and oxygen atoms in total. The third-order valence-electron chi connectivity index (χ3n) is 2.83. The predicted octanol–water partition coefficient (Wildman–Crippen LogP) is 4.01. The molecule has 0 bridgehead atoms. The van der Waals surface area contributed by atoms with E-state index in [1.54, 1.807) is 18.4 Å². The third kappa shape index (κ3) is 3.25. The lowest BCUT2D eigenvalue weighted by Gasteiger charge is -2.10. The lowest BCUT2D eigenvalue weighted by molar-refractivity contribution is 0.407. The van der Waals surface area contributed by atoms with E-state index in [0.717, 1.165) is 29.4 Å². The van der Waals surface area contributed by atoms with E-state index < -0.39 is 0 Å². The van der Waals surface area contributed by atoms with Crippen molar-refractivity contribution >= 4 is 22.9 Å². The Morgan fingerprint density at radius 2 is 2.00 bits per heavy atom. The van der Waals surface area contributed by atoms with E-state index in [0.29, 0.717) is 0 Å². The van der Waals surface area contributed by atoms with Gasteiger partial charge in [-0.05, 0) is 47.0 Å². The van der Waals surface area contributed by atoms with Crippen molar-refractivity contribution in [2.24, 2.45) is 0 Å². The molecule has 96 valence electrons. The summed E-state index contributed by atoms with van der Waals surface area (Å²) in [6, 6.07) is 5.68. The van der Waals surface area contributed by atoms with Crippen LogP contribution in [0.2, 0.25) is 5.02 Å². The number of methoxy groups -OCH3 is 1. The monoisotopic (exact) mass is 281 g/mol. The van der Waals surface area contributed by atoms with Gasteiger partial charge in [0.2, 0.25) is 0 Å². The van der Waals surface area contributed by atoms with Crippen LogP contribution in [0.25, 0.3) is 0 Å². The number of rotatable bonds is 5. The van der Waals surface area contributed by atoms with Crippen LogP contribution in [0.5, 0.6) is 5.75 Å². The van der Waals surface area contributed by atoms with Crippen LogP contribution in [-0.4, -0.2) is 7.11 Å². The summed E-state index contributed by atoms with van der Waals surface area (Å²) in [5.41, 5.74) is 3.77. The second kappa shape index (κ2) is 6.23. The summed E-state index contributed by atoms with van der Waals surface area (Å²) in [4.78, 5) is 0. The number of aryl methyl sites for hydroxylation is 1. The molecule has 0 unspecified atom stereocenters. The number of benzene rings is 1. The van der Waals surface area contributed by atoms with Gasteiger partial charge in [-0.15, -0.1) is 0 Å². The van der Waals surface area contributed by atoms with E-state index in [1.807, 2.05) is 18.2 Å². The molecule has 0 radical (unpaired) electrons. The molecule has 0 saturated heterocycles. The van der Waals surface area contributed by atoms with Crippen LogP contribution in [0.1, 0.15) is 16.7 Å². The summed E-state index contributed by atoms with van der Waals surface area (Å²) in [5.74, 6) is 0.869. The third-order valence-corrected chi connectivity index (χ3v) is 3.98. The van der Waals surface area contributed by atoms with Crippen molar-refractivity contribution < 1.29 is 4.74 Å². The first-order valence-corrected chi connectivity index (χ1v) is 7.07. The van der Waals surface area contributed by atoms with E-state index in [2.05, 4.69) is 23.0 Å². The number of hydrogen-bond acceptors (Lipinski definition) is 3. The summed E-state index contributed by atoms with van der Waals surface area (Å²) in [5, 5.41) is 8.49. The highest BCUT2D eigenvalue weighted by Crippen LogP contribution is 2.22. The quantitative estimate of drug-likeness (QED) is 0.894. The van der Waals surface area contributed by atoms with Crippen LogP contribution in [0.3, 0.4) is 0 Å². The average Bonchev–Trinajstić information content (AvgIpc) is 2.76. The van der Waals surface area contributed by atoms with Crippen LogP contribution >= 0.6 is 22.9 Å². The average molecular weight is 282 g/mol. The zero-order valence-corrected chi connectivity index (χ0v) is 12.1. The standard InChI is InChI=1S/C14H16ClNOS/c1-10-8-18-9-12(10)7-16-6-11-5-13(15)3-4-14(11)17-2/h3-5,8-9,16H,6-7H2,1-2H3. The molecule has 1 heterocycles. The van der Waals surface area contributed by atoms with E-state index in [9.17, 15) is 0 Å². The molecule has 4 heteroatoms. The van der Waals surface area contributed by atoms with Crippen LogP contribution in [-0.2, 0) is 13.1 Å². The normalized spacial score (nSPS) is 10.6. The Morgan fingerprint density at radius 3 is 2.67 bits per heavy atom. The fraction of sp³-hybridized carbons (Fsp3) is 0.286. The predicted molar refractivity (Wildman–Crippen MR) is 77.6 cm³/mol. The maximum absolute atomic E-state index is 6.00. The van der Waals surface area contributed by atoms with Gasteiger partial charge in [0, 0.05) is 23.7 Å². The first kappa shape index (κ1) is 13.4. The fourth-order valence-electron chi connectivity index (χ4n) is 1.79. The Hall–Kier alpha value is -1.03. The first-order valence-electron chi connectivity index (χ1n) is 5.75. The number of nitrogens with one attached hydrogen (secondary N) is 1. The zero-order valence-electron chi connectivity index (χ0n) is 10.5. The highest BCUT2D eigenvalue weighted by atomic mass is 35.5. The zero-order chi connectivity index (χ0) is 13.0. The lowest BCUT2D eigenvalue weighted by Crippen LogP contribution is -2.13. The van der Waals surface area contributed by atoms with Crippen LogP contribution in [0, 0.1) is 6.92 Å². The minimum atomic E-state index is 0.735. The molecule has 0 saturated carbocycles. The van der Waals surface area contributed by atoms with Crippen molar-refractivity contribution in [1.82, 2.24) is 5.32 Å². The second-order valence-electron chi connectivity index (χ2n) is 4.14. The molecule has 1 aromatic heterocycles. The van der Waals surface area contributed by atoms with Gasteiger partial charge in [-0.3, -0.25) is 0 Å². The summed E-state index contributed by atoms with van der Waals surface area (Å²) in [6.07, 6.45) is 0. The summed E-state index contributed by atoms with van der Waals surface area (Å²) < 4.78 is 5.32. The summed E-state index contributed by atoms with van der Waals surface area (Å²) >= 11 is 7.73. The fourth-order valence-corrected chi connectivity index (χ4v) is 2.84. The van der Waals surface area contributed by atoms with Crippen molar-refractivity contribution in [2.75, 3.05) is 7.11 Å². The number of ether oxygens (including phenoxy) is 1. The molecule has 0 aliphatic heterocycles. The minimum absolute atomic E-state index is 0.735. The molecule has 2 rings (SSSR count). The number of hydrogen-bond donors (Lipinski definition) is 1. The maximum atomic E-state index is 6.00. The minimum Gasteiger partial charge on any atom is -0.496 e. The summed E-state index contributed by atoms with van der Waals surface area (Å²) in [7, 11) is 1.68. The Morgan fingerprint density at radius 1 is 1.22 bits per heavy atom. The van der Waals surface area contributed by atoms with E-state index >= 15 is 0 Å². The van der Waals surface area contributed by atoms with Gasteiger partial charge < -0.3 is 10.1 Å². The Kier molecular flexibility index (Phi) is 4.64. The van der Waals surface area contributed by atoms with Crippen LogP contribution in [0.4, 0.5) is 0 Å². The van der Waals surface area contributed by atoms with E-state index in [-0.39, 0.29) is 0 Å². The largest absolute Gasteiger partial charge is 0.496 e. The van der Waals surface area contributed by atoms with Crippen molar-refractivity contribution in [3.05, 3.63) is 50.7 Å². The van der Waals surface area contributed by atoms with Crippen molar-refractivity contribution in [2.45, 2.75) is 20.0 Å². The van der Waals surface area contributed by atoms with Gasteiger partial charge in [-0.25, -0.2) is 0 Å². The molecule has 2 aromatic rings. The topological polar surface area (TPSA) is 21.3 Å². The van der Waals surface area contributed by atoms with Gasteiger partial charge in [0.25, 0.3) is 0 Å². The van der Waals surface area contributed by atoms with Gasteiger partial charge in [0.15, 0.2) is 0 Å². The first-order chi connectivity index (χ1) is 8.70. The van der Waals surface area contributed by atoms with Crippen LogP contribution in [0.15, 0.2) is 29.0 Å². The molecular weight excluding hydrogens is 266 g/mol. The highest BCUT2D eigenvalue weighted by molar-refractivity contribution is 7.08. The molecule has 18 heavy (non-hydrogen) atoms. The Bertz CT molecular complexity index is 524. The van der Waals surface area contributed by atoms with Gasteiger partial charge in [-0.2, -0.15) is 11.3 Å². The Labute approximate surface area is 117 Å². The highest BCUT2D eigenvalue weighted by Gasteiger charge is 2.04. The second-order valence-corrected chi connectivity index (χ2v) is 5.32.